The van der Waals surface area contributed by atoms with E-state index in [0.717, 1.165) is 39.0 Å². The number of rotatable bonds is 2. The van der Waals surface area contributed by atoms with Crippen LogP contribution in [-0.2, 0) is 5.41 Å². The van der Waals surface area contributed by atoms with Gasteiger partial charge in [-0.05, 0) is 115 Å². The summed E-state index contributed by atoms with van der Waals surface area (Å²) in [6.45, 7) is 4.73. The first kappa shape index (κ1) is 26.9. The molecule has 0 radical (unpaired) electrons. The average molecular weight is 627 g/mol. The summed E-state index contributed by atoms with van der Waals surface area (Å²) in [6, 6.07) is 52.9. The molecule has 230 valence electrons. The molecule has 0 saturated carbocycles. The van der Waals surface area contributed by atoms with E-state index in [1.807, 2.05) is 6.07 Å². The van der Waals surface area contributed by atoms with E-state index in [4.69, 9.17) is 9.15 Å². The summed E-state index contributed by atoms with van der Waals surface area (Å²) in [5.41, 5.74) is 14.3. The van der Waals surface area contributed by atoms with Crippen molar-refractivity contribution in [3.63, 3.8) is 0 Å². The summed E-state index contributed by atoms with van der Waals surface area (Å²) in [4.78, 5) is 0. The molecule has 0 N–H and O–H groups in total. The number of ether oxygens (including phenoxy) is 1. The summed E-state index contributed by atoms with van der Waals surface area (Å²) in [5.74, 6) is 1.82. The van der Waals surface area contributed by atoms with Gasteiger partial charge in [0.05, 0.1) is 0 Å². The lowest BCUT2D eigenvalue weighted by Crippen LogP contribution is -2.15. The fourth-order valence-electron chi connectivity index (χ4n) is 8.68. The molecule has 2 heterocycles. The third kappa shape index (κ3) is 3.66. The maximum absolute atomic E-state index is 6.42. The fraction of sp³-hybridized carbons (Fsp3) is 0.0638. The minimum absolute atomic E-state index is 0.132. The van der Waals surface area contributed by atoms with E-state index >= 15 is 0 Å². The number of furan rings is 1. The molecule has 0 amide bonds. The van der Waals surface area contributed by atoms with Crippen LogP contribution in [0.3, 0.4) is 0 Å². The van der Waals surface area contributed by atoms with Gasteiger partial charge in [0.25, 0.3) is 0 Å². The first-order valence-corrected chi connectivity index (χ1v) is 17.0. The Morgan fingerprint density at radius 3 is 2.12 bits per heavy atom. The molecule has 1 aliphatic carbocycles. The first-order valence-electron chi connectivity index (χ1n) is 17.0. The highest BCUT2D eigenvalue weighted by molar-refractivity contribution is 6.12. The van der Waals surface area contributed by atoms with Gasteiger partial charge in [0.1, 0.15) is 22.7 Å². The molecule has 1 aromatic heterocycles. The van der Waals surface area contributed by atoms with E-state index in [1.54, 1.807) is 0 Å². The van der Waals surface area contributed by atoms with Crippen molar-refractivity contribution in [2.75, 3.05) is 0 Å². The van der Waals surface area contributed by atoms with Crippen LogP contribution in [0.2, 0.25) is 0 Å². The summed E-state index contributed by atoms with van der Waals surface area (Å²) in [5, 5.41) is 7.16. The van der Waals surface area contributed by atoms with Crippen LogP contribution in [0.1, 0.15) is 25.0 Å². The molecule has 11 rings (SSSR count). The topological polar surface area (TPSA) is 22.4 Å². The molecular formula is C47H30O2. The standard InChI is InChI=1S/C47H30O2/c1-47(2)38-14-5-3-12-35(38)46-39(47)26-31-23-28(29-18-21-42-37(24-29)34-13-7-9-27-10-8-16-43(49-42)44(27)34)17-20-32(31)45(46)30-19-22-41-36(25-30)33-11-4-6-15-40(33)48-41/h3-26H,1-2H3. The van der Waals surface area contributed by atoms with E-state index in [2.05, 4.69) is 153 Å². The molecule has 8 aromatic carbocycles. The van der Waals surface area contributed by atoms with Crippen LogP contribution in [0.25, 0.3) is 88.0 Å². The molecule has 2 nitrogen and oxygen atoms in total. The number of fused-ring (bicyclic) bond motifs is 9. The van der Waals surface area contributed by atoms with Gasteiger partial charge in [-0.2, -0.15) is 0 Å². The molecular weight excluding hydrogens is 597 g/mol. The van der Waals surface area contributed by atoms with E-state index in [-0.39, 0.29) is 5.41 Å². The highest BCUT2D eigenvalue weighted by Gasteiger charge is 2.37. The van der Waals surface area contributed by atoms with Gasteiger partial charge < -0.3 is 9.15 Å². The van der Waals surface area contributed by atoms with E-state index in [9.17, 15) is 0 Å². The van der Waals surface area contributed by atoms with E-state index in [0.29, 0.717) is 0 Å². The summed E-state index contributed by atoms with van der Waals surface area (Å²) in [7, 11) is 0. The van der Waals surface area contributed by atoms with Crippen molar-refractivity contribution in [2.45, 2.75) is 19.3 Å². The maximum Gasteiger partial charge on any atom is 0.135 e. The third-order valence-corrected chi connectivity index (χ3v) is 11.0. The second-order valence-electron chi connectivity index (χ2n) is 14.1. The van der Waals surface area contributed by atoms with Gasteiger partial charge in [-0.3, -0.25) is 0 Å². The van der Waals surface area contributed by atoms with Crippen molar-refractivity contribution in [3.05, 3.63) is 157 Å². The minimum Gasteiger partial charge on any atom is -0.456 e. The van der Waals surface area contributed by atoms with Crippen molar-refractivity contribution in [2.24, 2.45) is 0 Å². The Morgan fingerprint density at radius 2 is 1.18 bits per heavy atom. The number of hydrogen-bond acceptors (Lipinski definition) is 2. The van der Waals surface area contributed by atoms with Gasteiger partial charge in [0, 0.05) is 27.1 Å². The van der Waals surface area contributed by atoms with E-state index < -0.39 is 0 Å². The van der Waals surface area contributed by atoms with Gasteiger partial charge >= 0.3 is 0 Å². The van der Waals surface area contributed by atoms with Crippen LogP contribution in [-0.4, -0.2) is 0 Å². The predicted octanol–water partition coefficient (Wildman–Crippen LogP) is 13.3. The quantitative estimate of drug-likeness (QED) is 0.190. The summed E-state index contributed by atoms with van der Waals surface area (Å²) >= 11 is 0. The van der Waals surface area contributed by atoms with Crippen molar-refractivity contribution in [1.29, 1.82) is 0 Å². The van der Waals surface area contributed by atoms with Crippen molar-refractivity contribution in [3.8, 4) is 56.0 Å². The maximum atomic E-state index is 6.42. The number of para-hydroxylation sites is 1. The predicted molar refractivity (Wildman–Crippen MR) is 203 cm³/mol. The van der Waals surface area contributed by atoms with Crippen molar-refractivity contribution in [1.82, 2.24) is 0 Å². The third-order valence-electron chi connectivity index (χ3n) is 11.0. The Bertz CT molecular complexity index is 2880. The smallest absolute Gasteiger partial charge is 0.135 e. The Morgan fingerprint density at radius 1 is 0.429 bits per heavy atom. The minimum atomic E-state index is -0.132. The van der Waals surface area contributed by atoms with Gasteiger partial charge in [-0.25, -0.2) is 0 Å². The van der Waals surface area contributed by atoms with Crippen LogP contribution in [0, 0.1) is 0 Å². The van der Waals surface area contributed by atoms with Gasteiger partial charge in [-0.15, -0.1) is 0 Å². The molecule has 0 saturated heterocycles. The molecule has 0 spiro atoms. The summed E-state index contributed by atoms with van der Waals surface area (Å²) < 4.78 is 12.7. The molecule has 0 atom stereocenters. The SMILES string of the molecule is CC1(C)c2ccccc2-c2c1cc1cc(-c3ccc4c(c3)-c3cccc5cccc(c35)O4)ccc1c2-c1ccc2oc3ccccc3c2c1. The Hall–Kier alpha value is -6.12. The monoisotopic (exact) mass is 626 g/mol. The zero-order valence-corrected chi connectivity index (χ0v) is 27.2. The molecule has 2 heteroatoms. The number of hydrogen-bond donors (Lipinski definition) is 0. The lowest BCUT2D eigenvalue weighted by molar-refractivity contribution is 0.487. The highest BCUT2D eigenvalue weighted by atomic mass is 16.5. The largest absolute Gasteiger partial charge is 0.456 e. The molecule has 2 aliphatic rings. The van der Waals surface area contributed by atoms with Crippen molar-refractivity contribution < 1.29 is 9.15 Å². The molecule has 0 unspecified atom stereocenters. The highest BCUT2D eigenvalue weighted by Crippen LogP contribution is 2.55. The Kier molecular flexibility index (Phi) is 5.21. The lowest BCUT2D eigenvalue weighted by atomic mass is 9.80. The molecule has 1 aliphatic heterocycles. The molecule has 49 heavy (non-hydrogen) atoms. The summed E-state index contributed by atoms with van der Waals surface area (Å²) in [6.07, 6.45) is 0. The average Bonchev–Trinajstić information content (AvgIpc) is 3.62. The number of benzene rings is 8. The zero-order chi connectivity index (χ0) is 32.4. The van der Waals surface area contributed by atoms with Crippen LogP contribution in [0.5, 0.6) is 11.5 Å². The second-order valence-corrected chi connectivity index (χ2v) is 14.1. The second kappa shape index (κ2) is 9.49. The Labute approximate surface area is 283 Å². The van der Waals surface area contributed by atoms with Gasteiger partial charge in [0.15, 0.2) is 0 Å². The van der Waals surface area contributed by atoms with Gasteiger partial charge in [-0.1, -0.05) is 111 Å². The molecule has 9 aromatic rings. The van der Waals surface area contributed by atoms with Crippen LogP contribution < -0.4 is 4.74 Å². The van der Waals surface area contributed by atoms with Crippen molar-refractivity contribution >= 4 is 43.5 Å². The fourth-order valence-corrected chi connectivity index (χ4v) is 8.68. The first-order chi connectivity index (χ1) is 24.0. The van der Waals surface area contributed by atoms with Gasteiger partial charge in [0.2, 0.25) is 0 Å². The van der Waals surface area contributed by atoms with Crippen LogP contribution >= 0.6 is 0 Å². The lowest BCUT2D eigenvalue weighted by Gasteiger charge is -2.23. The van der Waals surface area contributed by atoms with Crippen LogP contribution in [0.4, 0.5) is 0 Å². The molecule has 0 bridgehead atoms. The molecule has 0 fully saturated rings. The zero-order valence-electron chi connectivity index (χ0n) is 27.2. The normalized spacial score (nSPS) is 13.8. The van der Waals surface area contributed by atoms with E-state index in [1.165, 1.54) is 71.6 Å². The van der Waals surface area contributed by atoms with Crippen LogP contribution in [0.15, 0.2) is 150 Å². The Balaban J connectivity index is 1.15.